The van der Waals surface area contributed by atoms with Crippen molar-refractivity contribution in [1.82, 2.24) is 5.43 Å². The van der Waals surface area contributed by atoms with Crippen LogP contribution in [0.3, 0.4) is 0 Å². The van der Waals surface area contributed by atoms with Crippen LogP contribution in [-0.2, 0) is 6.18 Å². The Morgan fingerprint density at radius 1 is 0.852 bits per heavy atom. The number of fused-ring (bicyclic) bond motifs is 1. The van der Waals surface area contributed by atoms with Crippen LogP contribution in [0.1, 0.15) is 11.1 Å². The lowest BCUT2D eigenvalue weighted by Gasteiger charge is -2.32. The van der Waals surface area contributed by atoms with Gasteiger partial charge in [-0.3, -0.25) is 10.4 Å². The number of alkyl halides is 3. The largest absolute Gasteiger partial charge is 0.416 e. The zero-order valence-corrected chi connectivity index (χ0v) is 13.8. The molecule has 3 nitrogen and oxygen atoms in total. The number of rotatable bonds is 2. The molecular formula is C20H13F4N3. The molecule has 1 N–H and O–H groups in total. The number of nitrogens with zero attached hydrogens (tertiary/aromatic N) is 2. The standard InChI is InChI=1S/C20H13F4N3/c21-15-9-6-13(7-10-15)19-25-17-11-8-14(20(22,23)24)12-18(17)27(26-19)16-4-2-1-3-5-16/h1-12H,(H,25,26). The maximum Gasteiger partial charge on any atom is 0.416 e. The first-order valence-corrected chi connectivity index (χ1v) is 8.09. The van der Waals surface area contributed by atoms with E-state index in [1.807, 2.05) is 6.07 Å². The number of aliphatic imine (C=N–C) groups is 1. The van der Waals surface area contributed by atoms with Crippen LogP contribution in [0.25, 0.3) is 0 Å². The Balaban J connectivity index is 1.86. The average Bonchev–Trinajstić information content (AvgIpc) is 2.67. The molecule has 0 spiro atoms. The van der Waals surface area contributed by atoms with Gasteiger partial charge in [-0.15, -0.1) is 0 Å². The molecule has 4 rings (SSSR count). The summed E-state index contributed by atoms with van der Waals surface area (Å²) in [5.74, 6) is 0.0244. The van der Waals surface area contributed by atoms with Crippen molar-refractivity contribution in [1.29, 1.82) is 0 Å². The van der Waals surface area contributed by atoms with Crippen molar-refractivity contribution < 1.29 is 17.6 Å². The molecule has 0 aromatic heterocycles. The van der Waals surface area contributed by atoms with Gasteiger partial charge < -0.3 is 0 Å². The summed E-state index contributed by atoms with van der Waals surface area (Å²) in [5, 5.41) is 1.54. The SMILES string of the molecule is Fc1ccc(C2=Nc3ccc(C(F)(F)F)cc3N(c3ccccc3)N2)cc1. The van der Waals surface area contributed by atoms with Crippen molar-refractivity contribution in [3.63, 3.8) is 0 Å². The smallest absolute Gasteiger partial charge is 0.276 e. The highest BCUT2D eigenvalue weighted by molar-refractivity contribution is 6.05. The molecule has 0 radical (unpaired) electrons. The first kappa shape index (κ1) is 17.1. The van der Waals surface area contributed by atoms with Crippen molar-refractivity contribution in [2.45, 2.75) is 6.18 Å². The van der Waals surface area contributed by atoms with Crippen molar-refractivity contribution in [3.05, 3.63) is 89.7 Å². The van der Waals surface area contributed by atoms with Gasteiger partial charge in [-0.1, -0.05) is 18.2 Å². The Morgan fingerprint density at radius 2 is 1.56 bits per heavy atom. The number of hydrogen-bond donors (Lipinski definition) is 1. The molecule has 1 aliphatic heterocycles. The maximum absolute atomic E-state index is 13.2. The minimum atomic E-state index is -4.46. The lowest BCUT2D eigenvalue weighted by Crippen LogP contribution is -2.41. The van der Waals surface area contributed by atoms with Gasteiger partial charge in [0.1, 0.15) is 5.82 Å². The van der Waals surface area contributed by atoms with Gasteiger partial charge in [-0.2, -0.15) is 13.2 Å². The predicted molar refractivity (Wildman–Crippen MR) is 95.8 cm³/mol. The quantitative estimate of drug-likeness (QED) is 0.596. The highest BCUT2D eigenvalue weighted by Crippen LogP contribution is 2.40. The molecule has 3 aromatic carbocycles. The van der Waals surface area contributed by atoms with Crippen LogP contribution < -0.4 is 10.4 Å². The topological polar surface area (TPSA) is 27.6 Å². The van der Waals surface area contributed by atoms with E-state index in [0.717, 1.165) is 12.1 Å². The van der Waals surface area contributed by atoms with E-state index in [1.165, 1.54) is 23.2 Å². The second-order valence-electron chi connectivity index (χ2n) is 5.95. The number of benzene rings is 3. The monoisotopic (exact) mass is 371 g/mol. The Bertz CT molecular complexity index is 996. The van der Waals surface area contributed by atoms with Gasteiger partial charge >= 0.3 is 6.18 Å². The summed E-state index contributed by atoms with van der Waals surface area (Å²) in [6.07, 6.45) is -4.46. The molecule has 0 amide bonds. The number of para-hydroxylation sites is 1. The van der Waals surface area contributed by atoms with Crippen molar-refractivity contribution in [2.24, 2.45) is 4.99 Å². The van der Waals surface area contributed by atoms with E-state index in [1.54, 1.807) is 36.4 Å². The molecule has 27 heavy (non-hydrogen) atoms. The van der Waals surface area contributed by atoms with Crippen molar-refractivity contribution in [3.8, 4) is 0 Å². The third-order valence-corrected chi connectivity index (χ3v) is 4.13. The van der Waals surface area contributed by atoms with Crippen molar-refractivity contribution >= 4 is 22.9 Å². The van der Waals surface area contributed by atoms with Crippen LogP contribution in [0, 0.1) is 5.82 Å². The number of hydrogen-bond acceptors (Lipinski definition) is 3. The fourth-order valence-corrected chi connectivity index (χ4v) is 2.80. The van der Waals surface area contributed by atoms with E-state index in [0.29, 0.717) is 22.8 Å². The summed E-state index contributed by atoms with van der Waals surface area (Å²) in [6, 6.07) is 18.0. The molecule has 0 unspecified atom stereocenters. The fraction of sp³-hybridized carbons (Fsp3) is 0.0500. The minimum Gasteiger partial charge on any atom is -0.276 e. The summed E-state index contributed by atoms with van der Waals surface area (Å²) in [5.41, 5.74) is 4.19. The van der Waals surface area contributed by atoms with Gasteiger partial charge in [0.2, 0.25) is 0 Å². The molecule has 0 saturated carbocycles. The molecular weight excluding hydrogens is 358 g/mol. The van der Waals surface area contributed by atoms with Crippen molar-refractivity contribution in [2.75, 3.05) is 5.01 Å². The number of anilines is 2. The molecule has 0 saturated heterocycles. The Hall–Kier alpha value is -3.35. The molecule has 7 heteroatoms. The third kappa shape index (κ3) is 3.36. The summed E-state index contributed by atoms with van der Waals surface area (Å²) in [4.78, 5) is 4.42. The number of halogens is 4. The van der Waals surface area contributed by atoms with E-state index in [2.05, 4.69) is 10.4 Å². The zero-order chi connectivity index (χ0) is 19.0. The molecule has 0 atom stereocenters. The lowest BCUT2D eigenvalue weighted by molar-refractivity contribution is -0.137. The minimum absolute atomic E-state index is 0.280. The first-order valence-electron chi connectivity index (χ1n) is 8.09. The van der Waals surface area contributed by atoms with Gasteiger partial charge in [0.15, 0.2) is 5.84 Å². The van der Waals surface area contributed by atoms with Crippen LogP contribution in [0.4, 0.5) is 34.6 Å². The summed E-state index contributed by atoms with van der Waals surface area (Å²) in [6.45, 7) is 0. The van der Waals surface area contributed by atoms with E-state index in [-0.39, 0.29) is 11.5 Å². The van der Waals surface area contributed by atoms with E-state index >= 15 is 0 Å². The Morgan fingerprint density at radius 3 is 2.22 bits per heavy atom. The average molecular weight is 371 g/mol. The van der Waals surface area contributed by atoms with E-state index in [4.69, 9.17) is 0 Å². The van der Waals surface area contributed by atoms with Gasteiger partial charge in [-0.05, 0) is 54.6 Å². The highest BCUT2D eigenvalue weighted by Gasteiger charge is 2.33. The number of hydrazine groups is 1. The van der Waals surface area contributed by atoms with Gasteiger partial charge in [0, 0.05) is 5.56 Å². The van der Waals surface area contributed by atoms with E-state index < -0.39 is 11.7 Å². The number of amidine groups is 1. The number of nitrogens with one attached hydrogen (secondary N) is 1. The fourth-order valence-electron chi connectivity index (χ4n) is 2.80. The zero-order valence-electron chi connectivity index (χ0n) is 13.8. The highest BCUT2D eigenvalue weighted by atomic mass is 19.4. The van der Waals surface area contributed by atoms with E-state index in [9.17, 15) is 17.6 Å². The molecule has 1 heterocycles. The molecule has 0 aliphatic carbocycles. The van der Waals surface area contributed by atoms with Crippen LogP contribution in [0.5, 0.6) is 0 Å². The summed E-state index contributed by atoms with van der Waals surface area (Å²) < 4.78 is 52.7. The van der Waals surface area contributed by atoms with Gasteiger partial charge in [0.05, 0.1) is 22.6 Å². The van der Waals surface area contributed by atoms with Crippen LogP contribution >= 0.6 is 0 Å². The lowest BCUT2D eigenvalue weighted by atomic mass is 10.1. The summed E-state index contributed by atoms with van der Waals surface area (Å²) >= 11 is 0. The maximum atomic E-state index is 13.2. The molecule has 136 valence electrons. The molecule has 3 aromatic rings. The summed E-state index contributed by atoms with van der Waals surface area (Å²) in [7, 11) is 0. The van der Waals surface area contributed by atoms with Crippen LogP contribution in [0.2, 0.25) is 0 Å². The molecule has 0 bridgehead atoms. The second kappa shape index (κ2) is 6.42. The Labute approximate surface area is 152 Å². The van der Waals surface area contributed by atoms with Gasteiger partial charge in [0.25, 0.3) is 0 Å². The molecule has 1 aliphatic rings. The third-order valence-electron chi connectivity index (χ3n) is 4.13. The second-order valence-corrected chi connectivity index (χ2v) is 5.95. The molecule has 0 fully saturated rings. The first-order chi connectivity index (χ1) is 12.9. The van der Waals surface area contributed by atoms with Gasteiger partial charge in [-0.25, -0.2) is 9.38 Å². The normalized spacial score (nSPS) is 13.6. The van der Waals surface area contributed by atoms with Crippen LogP contribution in [0.15, 0.2) is 77.8 Å². The Kier molecular flexibility index (Phi) is 4.07. The predicted octanol–water partition coefficient (Wildman–Crippen LogP) is 5.58. The van der Waals surface area contributed by atoms with Crippen LogP contribution in [-0.4, -0.2) is 5.84 Å².